The molecule has 0 fully saturated rings. The van der Waals surface area contributed by atoms with E-state index in [2.05, 4.69) is 26.1 Å². The summed E-state index contributed by atoms with van der Waals surface area (Å²) in [5, 5.41) is 3.91. The number of para-hydroxylation sites is 1. The fraction of sp³-hybridized carbons (Fsp3) is 0.0667. The topological polar surface area (TPSA) is 48.2 Å². The van der Waals surface area contributed by atoms with Crippen molar-refractivity contribution < 1.29 is 9.26 Å². The molecule has 1 aromatic heterocycles. The van der Waals surface area contributed by atoms with E-state index < -0.39 is 0 Å². The molecule has 3 aromatic rings. The van der Waals surface area contributed by atoms with Gasteiger partial charge in [0.15, 0.2) is 6.61 Å². The number of rotatable bonds is 4. The van der Waals surface area contributed by atoms with Crippen LogP contribution >= 0.6 is 15.9 Å². The van der Waals surface area contributed by atoms with Crippen molar-refractivity contribution in [1.29, 1.82) is 0 Å². The molecular formula is C15H11BrN2O2. The minimum absolute atomic E-state index is 0.263. The van der Waals surface area contributed by atoms with Gasteiger partial charge >= 0.3 is 0 Å². The molecule has 0 atom stereocenters. The fourth-order valence-corrected chi connectivity index (χ4v) is 2.11. The van der Waals surface area contributed by atoms with E-state index in [0.717, 1.165) is 15.8 Å². The van der Waals surface area contributed by atoms with Crippen LogP contribution in [0.1, 0.15) is 5.82 Å². The Morgan fingerprint density at radius 3 is 2.55 bits per heavy atom. The molecule has 0 bridgehead atoms. The van der Waals surface area contributed by atoms with Crippen molar-refractivity contribution >= 4 is 15.9 Å². The number of ether oxygens (including phenoxy) is 1. The predicted octanol–water partition coefficient (Wildman–Crippen LogP) is 4.08. The molecule has 3 rings (SSSR count). The van der Waals surface area contributed by atoms with Gasteiger partial charge < -0.3 is 9.26 Å². The van der Waals surface area contributed by atoms with Crippen LogP contribution < -0.4 is 4.74 Å². The van der Waals surface area contributed by atoms with Crippen LogP contribution in [0.15, 0.2) is 63.6 Å². The quantitative estimate of drug-likeness (QED) is 0.723. The molecule has 0 aliphatic carbocycles. The van der Waals surface area contributed by atoms with Gasteiger partial charge in [0.2, 0.25) is 5.82 Å². The molecule has 0 saturated carbocycles. The molecule has 0 amide bonds. The maximum absolute atomic E-state index is 5.64. The number of halogens is 1. The van der Waals surface area contributed by atoms with Crippen LogP contribution in [0.5, 0.6) is 5.75 Å². The van der Waals surface area contributed by atoms with Gasteiger partial charge in [-0.1, -0.05) is 35.5 Å². The standard InChI is InChI=1S/C15H11BrN2O2/c16-12-8-4-5-9-13(12)19-10-14-17-15(20-18-14)11-6-2-1-3-7-11/h1-9H,10H2. The van der Waals surface area contributed by atoms with E-state index in [4.69, 9.17) is 9.26 Å². The van der Waals surface area contributed by atoms with Crippen molar-refractivity contribution in [2.75, 3.05) is 0 Å². The van der Waals surface area contributed by atoms with Crippen LogP contribution in [0.2, 0.25) is 0 Å². The van der Waals surface area contributed by atoms with Crippen molar-refractivity contribution in [3.05, 3.63) is 64.9 Å². The molecule has 5 heteroatoms. The number of hydrogen-bond donors (Lipinski definition) is 0. The summed E-state index contributed by atoms with van der Waals surface area (Å²) < 4.78 is 11.8. The average Bonchev–Trinajstić information content (AvgIpc) is 2.96. The van der Waals surface area contributed by atoms with Gasteiger partial charge in [-0.25, -0.2) is 0 Å². The molecule has 2 aromatic carbocycles. The second kappa shape index (κ2) is 5.88. The minimum atomic E-state index is 0.263. The maximum Gasteiger partial charge on any atom is 0.258 e. The Kier molecular flexibility index (Phi) is 3.78. The molecule has 0 saturated heterocycles. The third kappa shape index (κ3) is 2.88. The third-order valence-corrected chi connectivity index (χ3v) is 3.34. The van der Waals surface area contributed by atoms with E-state index >= 15 is 0 Å². The lowest BCUT2D eigenvalue weighted by atomic mass is 10.2. The summed E-state index contributed by atoms with van der Waals surface area (Å²) in [6.07, 6.45) is 0. The van der Waals surface area contributed by atoms with Crippen LogP contribution in [0.4, 0.5) is 0 Å². The first kappa shape index (κ1) is 12.9. The van der Waals surface area contributed by atoms with Crippen molar-refractivity contribution in [1.82, 2.24) is 10.1 Å². The molecule has 20 heavy (non-hydrogen) atoms. The number of nitrogens with zero attached hydrogens (tertiary/aromatic N) is 2. The molecule has 100 valence electrons. The first-order chi connectivity index (χ1) is 9.83. The molecule has 4 nitrogen and oxygen atoms in total. The molecule has 0 N–H and O–H groups in total. The average molecular weight is 331 g/mol. The van der Waals surface area contributed by atoms with Gasteiger partial charge in [0, 0.05) is 5.56 Å². The lowest BCUT2D eigenvalue weighted by Crippen LogP contribution is -1.97. The van der Waals surface area contributed by atoms with Crippen molar-refractivity contribution in [3.63, 3.8) is 0 Å². The number of hydrogen-bond acceptors (Lipinski definition) is 4. The summed E-state index contributed by atoms with van der Waals surface area (Å²) in [7, 11) is 0. The molecule has 0 spiro atoms. The van der Waals surface area contributed by atoms with Crippen molar-refractivity contribution in [2.45, 2.75) is 6.61 Å². The van der Waals surface area contributed by atoms with Crippen LogP contribution in [0.3, 0.4) is 0 Å². The maximum atomic E-state index is 5.64. The van der Waals surface area contributed by atoms with E-state index in [1.807, 2.05) is 54.6 Å². The monoisotopic (exact) mass is 330 g/mol. The Morgan fingerprint density at radius 1 is 1.00 bits per heavy atom. The Hall–Kier alpha value is -2.14. The van der Waals surface area contributed by atoms with Crippen LogP contribution in [0.25, 0.3) is 11.5 Å². The summed E-state index contributed by atoms with van der Waals surface area (Å²) in [5.41, 5.74) is 0.896. The second-order valence-corrected chi connectivity index (χ2v) is 4.96. The Morgan fingerprint density at radius 2 is 1.75 bits per heavy atom. The molecule has 1 heterocycles. The van der Waals surface area contributed by atoms with Crippen molar-refractivity contribution in [3.8, 4) is 17.2 Å². The fourth-order valence-electron chi connectivity index (χ4n) is 1.71. The zero-order valence-corrected chi connectivity index (χ0v) is 12.1. The number of aromatic nitrogens is 2. The molecule has 0 unspecified atom stereocenters. The van der Waals surface area contributed by atoms with Gasteiger partial charge in [-0.2, -0.15) is 4.98 Å². The Bertz CT molecular complexity index is 698. The third-order valence-electron chi connectivity index (χ3n) is 2.68. The second-order valence-electron chi connectivity index (χ2n) is 4.10. The largest absolute Gasteiger partial charge is 0.484 e. The Balaban J connectivity index is 1.71. The molecule has 0 radical (unpaired) electrons. The Labute approximate surface area is 124 Å². The first-order valence-corrected chi connectivity index (χ1v) is 6.87. The van der Waals surface area contributed by atoms with Gasteiger partial charge in [-0.15, -0.1) is 0 Å². The smallest absolute Gasteiger partial charge is 0.258 e. The van der Waals surface area contributed by atoms with Gasteiger partial charge in [0.25, 0.3) is 5.89 Å². The SMILES string of the molecule is Brc1ccccc1OCc1noc(-c2ccccc2)n1. The lowest BCUT2D eigenvalue weighted by molar-refractivity contribution is 0.285. The summed E-state index contributed by atoms with van der Waals surface area (Å²) in [6.45, 7) is 0.263. The highest BCUT2D eigenvalue weighted by atomic mass is 79.9. The summed E-state index contributed by atoms with van der Waals surface area (Å²) in [4.78, 5) is 4.31. The van der Waals surface area contributed by atoms with Crippen molar-refractivity contribution in [2.24, 2.45) is 0 Å². The van der Waals surface area contributed by atoms with Gasteiger partial charge in [-0.3, -0.25) is 0 Å². The van der Waals surface area contributed by atoms with E-state index in [9.17, 15) is 0 Å². The van der Waals surface area contributed by atoms with Gasteiger partial charge in [0.05, 0.1) is 4.47 Å². The zero-order valence-electron chi connectivity index (χ0n) is 10.5. The summed E-state index contributed by atoms with van der Waals surface area (Å²) in [6, 6.07) is 17.3. The molecular weight excluding hydrogens is 320 g/mol. The summed E-state index contributed by atoms with van der Waals surface area (Å²) >= 11 is 3.42. The lowest BCUT2D eigenvalue weighted by Gasteiger charge is -2.04. The van der Waals surface area contributed by atoms with E-state index in [1.54, 1.807) is 0 Å². The van der Waals surface area contributed by atoms with Crippen LogP contribution in [-0.4, -0.2) is 10.1 Å². The van der Waals surface area contributed by atoms with Gasteiger partial charge in [-0.05, 0) is 40.2 Å². The molecule has 0 aliphatic rings. The van der Waals surface area contributed by atoms with Crippen LogP contribution in [-0.2, 0) is 6.61 Å². The highest BCUT2D eigenvalue weighted by Gasteiger charge is 2.09. The zero-order chi connectivity index (χ0) is 13.8. The van der Waals surface area contributed by atoms with Gasteiger partial charge in [0.1, 0.15) is 5.75 Å². The summed E-state index contributed by atoms with van der Waals surface area (Å²) in [5.74, 6) is 1.76. The van der Waals surface area contributed by atoms with E-state index in [-0.39, 0.29) is 6.61 Å². The predicted molar refractivity (Wildman–Crippen MR) is 78.2 cm³/mol. The number of benzene rings is 2. The molecule has 0 aliphatic heterocycles. The van der Waals surface area contributed by atoms with E-state index in [1.165, 1.54) is 0 Å². The van der Waals surface area contributed by atoms with E-state index in [0.29, 0.717) is 11.7 Å². The normalized spacial score (nSPS) is 10.4. The highest BCUT2D eigenvalue weighted by Crippen LogP contribution is 2.24. The highest BCUT2D eigenvalue weighted by molar-refractivity contribution is 9.10. The minimum Gasteiger partial charge on any atom is -0.484 e. The first-order valence-electron chi connectivity index (χ1n) is 6.08. The van der Waals surface area contributed by atoms with Crippen LogP contribution in [0, 0.1) is 0 Å².